The minimum Gasteiger partial charge on any atom is -0.388 e. The van der Waals surface area contributed by atoms with Crippen LogP contribution in [0.5, 0.6) is 0 Å². The first-order chi connectivity index (χ1) is 15.2. The van der Waals surface area contributed by atoms with E-state index in [1.54, 1.807) is 24.2 Å². The number of H-pyrrole nitrogens is 1. The molecule has 1 aliphatic heterocycles. The summed E-state index contributed by atoms with van der Waals surface area (Å²) in [6.07, 6.45) is 12.4. The van der Waals surface area contributed by atoms with Crippen LogP contribution in [0.1, 0.15) is 28.1 Å². The van der Waals surface area contributed by atoms with E-state index in [0.29, 0.717) is 13.0 Å². The van der Waals surface area contributed by atoms with Gasteiger partial charge in [0.15, 0.2) is 0 Å². The SMILES string of the molecule is CNc1cc(C)ccc1/C=C/c1n[nH]c2c1SC=CC2.O=CNCCc1cccnc1. The third-order valence-corrected chi connectivity index (χ3v) is 5.70. The normalized spacial score (nSPS) is 12.1. The van der Waals surface area contributed by atoms with Gasteiger partial charge in [-0.05, 0) is 53.7 Å². The number of allylic oxidation sites excluding steroid dienone is 1. The molecule has 31 heavy (non-hydrogen) atoms. The lowest BCUT2D eigenvalue weighted by molar-refractivity contribution is -0.109. The van der Waals surface area contributed by atoms with Crippen LogP contribution in [0.15, 0.2) is 59.1 Å². The number of aryl methyl sites for hydroxylation is 1. The van der Waals surface area contributed by atoms with Crippen LogP contribution in [0, 0.1) is 6.92 Å². The third-order valence-electron chi connectivity index (χ3n) is 4.69. The van der Waals surface area contributed by atoms with E-state index in [0.717, 1.165) is 29.8 Å². The largest absolute Gasteiger partial charge is 0.388 e. The Kier molecular flexibility index (Phi) is 8.48. The number of hydrogen-bond donors (Lipinski definition) is 3. The number of anilines is 1. The topological polar surface area (TPSA) is 82.7 Å². The third kappa shape index (κ3) is 6.58. The van der Waals surface area contributed by atoms with Gasteiger partial charge >= 0.3 is 0 Å². The number of nitrogens with zero attached hydrogens (tertiary/aromatic N) is 2. The van der Waals surface area contributed by atoms with E-state index in [-0.39, 0.29) is 0 Å². The van der Waals surface area contributed by atoms with E-state index in [9.17, 15) is 4.79 Å². The van der Waals surface area contributed by atoms with E-state index in [2.05, 4.69) is 74.6 Å². The maximum Gasteiger partial charge on any atom is 0.207 e. The number of rotatable bonds is 7. The fourth-order valence-corrected chi connectivity index (χ4v) is 3.91. The molecule has 160 valence electrons. The number of benzene rings is 1. The van der Waals surface area contributed by atoms with Crippen molar-refractivity contribution in [1.29, 1.82) is 0 Å². The highest BCUT2D eigenvalue weighted by Crippen LogP contribution is 2.31. The van der Waals surface area contributed by atoms with Gasteiger partial charge in [-0.3, -0.25) is 14.9 Å². The highest BCUT2D eigenvalue weighted by molar-refractivity contribution is 8.02. The highest BCUT2D eigenvalue weighted by Gasteiger charge is 2.12. The molecular formula is C24H27N5OS. The van der Waals surface area contributed by atoms with Gasteiger partial charge in [-0.25, -0.2) is 0 Å². The summed E-state index contributed by atoms with van der Waals surface area (Å²) < 4.78 is 0. The number of aromatic amines is 1. The van der Waals surface area contributed by atoms with Crippen molar-refractivity contribution in [3.8, 4) is 0 Å². The molecular weight excluding hydrogens is 406 g/mol. The van der Waals surface area contributed by atoms with Crippen molar-refractivity contribution >= 4 is 36.0 Å². The number of pyridine rings is 1. The summed E-state index contributed by atoms with van der Waals surface area (Å²) in [5, 5.41) is 15.5. The Labute approximate surface area is 187 Å². The number of amides is 1. The Morgan fingerprint density at radius 1 is 1.26 bits per heavy atom. The van der Waals surface area contributed by atoms with Gasteiger partial charge in [0.25, 0.3) is 0 Å². The van der Waals surface area contributed by atoms with Crippen LogP contribution >= 0.6 is 11.8 Å². The summed E-state index contributed by atoms with van der Waals surface area (Å²) >= 11 is 1.73. The average Bonchev–Trinajstić information content (AvgIpc) is 3.23. The molecule has 4 rings (SSSR count). The van der Waals surface area contributed by atoms with E-state index in [1.807, 2.05) is 19.2 Å². The maximum atomic E-state index is 9.87. The molecule has 6 nitrogen and oxygen atoms in total. The molecule has 0 spiro atoms. The predicted molar refractivity (Wildman–Crippen MR) is 129 cm³/mol. The zero-order valence-electron chi connectivity index (χ0n) is 17.8. The molecule has 0 bridgehead atoms. The molecule has 0 saturated heterocycles. The fourth-order valence-electron chi connectivity index (χ4n) is 3.07. The second kappa shape index (κ2) is 11.8. The summed E-state index contributed by atoms with van der Waals surface area (Å²) in [7, 11) is 1.95. The van der Waals surface area contributed by atoms with Crippen LogP contribution in [0.4, 0.5) is 5.69 Å². The Balaban J connectivity index is 0.000000210. The van der Waals surface area contributed by atoms with Crippen molar-refractivity contribution < 1.29 is 4.79 Å². The molecule has 2 aromatic heterocycles. The molecule has 0 aliphatic carbocycles. The number of carbonyl (C=O) groups excluding carboxylic acids is 1. The summed E-state index contributed by atoms with van der Waals surface area (Å²) in [6, 6.07) is 10.3. The molecule has 0 unspecified atom stereocenters. The molecule has 0 atom stereocenters. The van der Waals surface area contributed by atoms with Gasteiger partial charge < -0.3 is 10.6 Å². The minimum atomic E-state index is 0.676. The molecule has 1 aliphatic rings. The molecule has 3 aromatic rings. The van der Waals surface area contributed by atoms with Crippen LogP contribution in [-0.4, -0.2) is 35.2 Å². The number of fused-ring (bicyclic) bond motifs is 1. The zero-order valence-corrected chi connectivity index (χ0v) is 18.6. The lowest BCUT2D eigenvalue weighted by Gasteiger charge is -2.06. The maximum absolute atomic E-state index is 9.87. The van der Waals surface area contributed by atoms with Gasteiger partial charge in [-0.2, -0.15) is 5.10 Å². The lowest BCUT2D eigenvalue weighted by Crippen LogP contribution is -2.14. The summed E-state index contributed by atoms with van der Waals surface area (Å²) in [5.74, 6) is 0. The zero-order chi connectivity index (χ0) is 21.9. The van der Waals surface area contributed by atoms with Crippen molar-refractivity contribution in [2.24, 2.45) is 0 Å². The second-order valence-electron chi connectivity index (χ2n) is 6.97. The van der Waals surface area contributed by atoms with E-state index in [1.165, 1.54) is 21.7 Å². The smallest absolute Gasteiger partial charge is 0.207 e. The van der Waals surface area contributed by atoms with Crippen LogP contribution in [-0.2, 0) is 17.6 Å². The molecule has 3 N–H and O–H groups in total. The van der Waals surface area contributed by atoms with Crippen molar-refractivity contribution in [2.45, 2.75) is 24.7 Å². The van der Waals surface area contributed by atoms with Crippen LogP contribution in [0.3, 0.4) is 0 Å². The Bertz CT molecular complexity index is 1040. The van der Waals surface area contributed by atoms with Gasteiger partial charge in [0.2, 0.25) is 6.41 Å². The number of hydrogen-bond acceptors (Lipinski definition) is 5. The van der Waals surface area contributed by atoms with Crippen molar-refractivity contribution in [3.05, 3.63) is 82.3 Å². The van der Waals surface area contributed by atoms with Crippen molar-refractivity contribution in [3.63, 3.8) is 0 Å². The van der Waals surface area contributed by atoms with Crippen LogP contribution in [0.2, 0.25) is 0 Å². The standard InChI is InChI=1S/C16H17N3S.C8H10N2O/c1-11-5-6-12(15(10-11)17-2)7-8-14-16-13(18-19-14)4-3-9-20-16;11-7-10-5-3-8-2-1-4-9-6-8/h3,5-10,17H,4H2,1-2H3,(H,18,19);1-2,4,6-7H,3,5H2,(H,10,11)/b8-7+;. The molecule has 1 aromatic carbocycles. The number of thioether (sulfide) groups is 1. The molecule has 0 radical (unpaired) electrons. The van der Waals surface area contributed by atoms with Gasteiger partial charge in [0.1, 0.15) is 0 Å². The molecule has 0 fully saturated rings. The van der Waals surface area contributed by atoms with Gasteiger partial charge in [0, 0.05) is 38.1 Å². The lowest BCUT2D eigenvalue weighted by atomic mass is 10.1. The number of nitrogens with one attached hydrogen (secondary N) is 3. The Morgan fingerprint density at radius 2 is 2.16 bits per heavy atom. The predicted octanol–water partition coefficient (Wildman–Crippen LogP) is 4.46. The van der Waals surface area contributed by atoms with Gasteiger partial charge in [-0.1, -0.05) is 42.1 Å². The summed E-state index contributed by atoms with van der Waals surface area (Å²) in [4.78, 5) is 15.1. The molecule has 1 amide bonds. The minimum absolute atomic E-state index is 0.676. The monoisotopic (exact) mass is 433 g/mol. The summed E-state index contributed by atoms with van der Waals surface area (Å²) in [6.45, 7) is 2.77. The summed E-state index contributed by atoms with van der Waals surface area (Å²) in [5.41, 5.74) is 6.92. The van der Waals surface area contributed by atoms with E-state index >= 15 is 0 Å². The van der Waals surface area contributed by atoms with Gasteiger partial charge in [0.05, 0.1) is 16.3 Å². The fraction of sp³-hybridized carbons (Fsp3) is 0.208. The number of aromatic nitrogens is 3. The first kappa shape index (κ1) is 22.4. The van der Waals surface area contributed by atoms with Gasteiger partial charge in [-0.15, -0.1) is 0 Å². The first-order valence-corrected chi connectivity index (χ1v) is 11.0. The second-order valence-corrected chi connectivity index (χ2v) is 7.88. The quantitative estimate of drug-likeness (QED) is 0.378. The van der Waals surface area contributed by atoms with Crippen LogP contribution < -0.4 is 10.6 Å². The van der Waals surface area contributed by atoms with E-state index in [4.69, 9.17) is 0 Å². The number of carbonyl (C=O) groups is 1. The first-order valence-electron chi connectivity index (χ1n) is 10.1. The molecule has 7 heteroatoms. The molecule has 0 saturated carbocycles. The van der Waals surface area contributed by atoms with Crippen LogP contribution in [0.25, 0.3) is 12.2 Å². The highest BCUT2D eigenvalue weighted by atomic mass is 32.2. The van der Waals surface area contributed by atoms with E-state index < -0.39 is 0 Å². The Hall–Kier alpha value is -3.32. The average molecular weight is 434 g/mol. The molecule has 3 heterocycles. The van der Waals surface area contributed by atoms with Crippen molar-refractivity contribution in [1.82, 2.24) is 20.5 Å². The Morgan fingerprint density at radius 3 is 2.94 bits per heavy atom. The van der Waals surface area contributed by atoms with Crippen molar-refractivity contribution in [2.75, 3.05) is 18.9 Å².